The Morgan fingerprint density at radius 2 is 1.67 bits per heavy atom. The Balaban J connectivity index is 2.02. The van der Waals surface area contributed by atoms with Crippen LogP contribution in [0.3, 0.4) is 0 Å². The van der Waals surface area contributed by atoms with Crippen LogP contribution in [-0.2, 0) is 13.2 Å². The first-order chi connectivity index (χ1) is 8.83. The predicted molar refractivity (Wildman–Crippen MR) is 72.7 cm³/mol. The molecule has 0 atom stereocenters. The lowest BCUT2D eigenvalue weighted by Gasteiger charge is -2.11. The minimum atomic E-state index is 0.0835. The van der Waals surface area contributed by atoms with E-state index in [0.717, 1.165) is 29.1 Å². The van der Waals surface area contributed by atoms with Crippen molar-refractivity contribution in [3.05, 3.63) is 59.7 Å². The Hall–Kier alpha value is -2.00. The van der Waals surface area contributed by atoms with Gasteiger partial charge in [-0.1, -0.05) is 36.4 Å². The van der Waals surface area contributed by atoms with Gasteiger partial charge in [0.2, 0.25) is 0 Å². The van der Waals surface area contributed by atoms with Gasteiger partial charge in [-0.3, -0.25) is 0 Å². The Labute approximate surface area is 107 Å². The van der Waals surface area contributed by atoms with E-state index in [2.05, 4.69) is 5.32 Å². The molecule has 2 N–H and O–H groups in total. The van der Waals surface area contributed by atoms with E-state index >= 15 is 0 Å². The van der Waals surface area contributed by atoms with Crippen molar-refractivity contribution in [2.75, 3.05) is 12.4 Å². The van der Waals surface area contributed by atoms with Gasteiger partial charge in [-0.2, -0.15) is 0 Å². The highest BCUT2D eigenvalue weighted by Gasteiger charge is 2.00. The summed E-state index contributed by atoms with van der Waals surface area (Å²) in [6.07, 6.45) is 0. The number of benzene rings is 2. The minimum Gasteiger partial charge on any atom is -0.495 e. The zero-order valence-electron chi connectivity index (χ0n) is 10.4. The molecule has 0 heterocycles. The van der Waals surface area contributed by atoms with Crippen molar-refractivity contribution in [2.24, 2.45) is 0 Å². The van der Waals surface area contributed by atoms with Gasteiger partial charge < -0.3 is 15.2 Å². The number of anilines is 1. The van der Waals surface area contributed by atoms with Gasteiger partial charge in [0.15, 0.2) is 0 Å². The molecule has 0 radical (unpaired) electrons. The van der Waals surface area contributed by atoms with E-state index in [1.165, 1.54) is 0 Å². The third-order valence-corrected chi connectivity index (χ3v) is 2.80. The van der Waals surface area contributed by atoms with Crippen molar-refractivity contribution < 1.29 is 9.84 Å². The monoisotopic (exact) mass is 243 g/mol. The van der Waals surface area contributed by atoms with E-state index in [0.29, 0.717) is 0 Å². The average Bonchev–Trinajstić information content (AvgIpc) is 2.46. The molecule has 0 spiro atoms. The molecule has 0 aliphatic heterocycles. The first kappa shape index (κ1) is 12.5. The standard InChI is InChI=1S/C15H17NO2/c1-18-15-5-3-2-4-14(15)16-10-12-6-8-13(11-17)9-7-12/h2-9,16-17H,10-11H2,1H3. The van der Waals surface area contributed by atoms with E-state index < -0.39 is 0 Å². The van der Waals surface area contributed by atoms with Gasteiger partial charge in [0.25, 0.3) is 0 Å². The fraction of sp³-hybridized carbons (Fsp3) is 0.200. The number of methoxy groups -OCH3 is 1. The van der Waals surface area contributed by atoms with Gasteiger partial charge in [-0.25, -0.2) is 0 Å². The summed E-state index contributed by atoms with van der Waals surface area (Å²) in [5, 5.41) is 12.3. The van der Waals surface area contributed by atoms with Gasteiger partial charge in [-0.15, -0.1) is 0 Å². The molecule has 2 aromatic rings. The van der Waals surface area contributed by atoms with Crippen molar-refractivity contribution in [1.29, 1.82) is 0 Å². The molecule has 18 heavy (non-hydrogen) atoms. The number of para-hydroxylation sites is 2. The summed E-state index contributed by atoms with van der Waals surface area (Å²) in [6, 6.07) is 15.7. The first-order valence-electron chi connectivity index (χ1n) is 5.89. The minimum absolute atomic E-state index is 0.0835. The normalized spacial score (nSPS) is 10.1. The second-order valence-electron chi connectivity index (χ2n) is 4.03. The Morgan fingerprint density at radius 3 is 2.33 bits per heavy atom. The van der Waals surface area contributed by atoms with Crippen LogP contribution in [0.2, 0.25) is 0 Å². The molecule has 0 saturated carbocycles. The topological polar surface area (TPSA) is 41.5 Å². The summed E-state index contributed by atoms with van der Waals surface area (Å²) in [5.41, 5.74) is 3.07. The molecule has 2 aromatic carbocycles. The molecular formula is C15H17NO2. The largest absolute Gasteiger partial charge is 0.495 e. The molecule has 2 rings (SSSR count). The van der Waals surface area contributed by atoms with Crippen LogP contribution >= 0.6 is 0 Å². The third-order valence-electron chi connectivity index (χ3n) is 2.80. The van der Waals surface area contributed by atoms with Crippen LogP contribution in [0.1, 0.15) is 11.1 Å². The summed E-state index contributed by atoms with van der Waals surface area (Å²) in [6.45, 7) is 0.812. The van der Waals surface area contributed by atoms with Crippen LogP contribution in [0.25, 0.3) is 0 Å². The van der Waals surface area contributed by atoms with Crippen LogP contribution in [-0.4, -0.2) is 12.2 Å². The number of ether oxygens (including phenoxy) is 1. The van der Waals surface area contributed by atoms with Crippen molar-refractivity contribution in [1.82, 2.24) is 0 Å². The lowest BCUT2D eigenvalue weighted by molar-refractivity contribution is 0.282. The van der Waals surface area contributed by atoms with Gasteiger partial charge in [-0.05, 0) is 23.3 Å². The molecule has 0 unspecified atom stereocenters. The Bertz CT molecular complexity index is 494. The first-order valence-corrected chi connectivity index (χ1v) is 5.89. The second-order valence-corrected chi connectivity index (χ2v) is 4.03. The van der Waals surface area contributed by atoms with Crippen molar-refractivity contribution in [3.63, 3.8) is 0 Å². The van der Waals surface area contributed by atoms with Crippen LogP contribution < -0.4 is 10.1 Å². The summed E-state index contributed by atoms with van der Waals surface area (Å²) >= 11 is 0. The maximum Gasteiger partial charge on any atom is 0.141 e. The second kappa shape index (κ2) is 6.07. The van der Waals surface area contributed by atoms with E-state index in [1.54, 1.807) is 7.11 Å². The molecule has 0 bridgehead atoms. The highest BCUT2D eigenvalue weighted by molar-refractivity contribution is 5.56. The number of nitrogens with one attached hydrogen (secondary N) is 1. The molecule has 3 nitrogen and oxygen atoms in total. The van der Waals surface area contributed by atoms with Gasteiger partial charge in [0.1, 0.15) is 5.75 Å². The quantitative estimate of drug-likeness (QED) is 0.848. The Kier molecular flexibility index (Phi) is 4.20. The van der Waals surface area contributed by atoms with Crippen LogP contribution in [0.5, 0.6) is 5.75 Å². The zero-order chi connectivity index (χ0) is 12.8. The Morgan fingerprint density at radius 1 is 1.00 bits per heavy atom. The van der Waals surface area contributed by atoms with Gasteiger partial charge >= 0.3 is 0 Å². The molecule has 3 heteroatoms. The molecular weight excluding hydrogens is 226 g/mol. The molecule has 0 saturated heterocycles. The fourth-order valence-electron chi connectivity index (χ4n) is 1.75. The van der Waals surface area contributed by atoms with Crippen molar-refractivity contribution >= 4 is 5.69 Å². The number of aliphatic hydroxyl groups is 1. The summed E-state index contributed by atoms with van der Waals surface area (Å²) in [4.78, 5) is 0. The van der Waals surface area contributed by atoms with Crippen molar-refractivity contribution in [3.8, 4) is 5.75 Å². The lowest BCUT2D eigenvalue weighted by Crippen LogP contribution is -2.01. The van der Waals surface area contributed by atoms with Crippen LogP contribution in [0, 0.1) is 0 Å². The highest BCUT2D eigenvalue weighted by atomic mass is 16.5. The molecule has 0 fully saturated rings. The lowest BCUT2D eigenvalue weighted by atomic mass is 10.1. The third kappa shape index (κ3) is 3.02. The van der Waals surface area contributed by atoms with Crippen molar-refractivity contribution in [2.45, 2.75) is 13.2 Å². The number of hydrogen-bond donors (Lipinski definition) is 2. The highest BCUT2D eigenvalue weighted by Crippen LogP contribution is 2.23. The van der Waals surface area contributed by atoms with E-state index in [9.17, 15) is 0 Å². The van der Waals surface area contributed by atoms with E-state index in [4.69, 9.17) is 9.84 Å². The van der Waals surface area contributed by atoms with Gasteiger partial charge in [0, 0.05) is 6.54 Å². The molecule has 0 aliphatic carbocycles. The molecule has 0 aliphatic rings. The van der Waals surface area contributed by atoms with E-state index in [-0.39, 0.29) is 6.61 Å². The maximum absolute atomic E-state index is 8.97. The van der Waals surface area contributed by atoms with E-state index in [1.807, 2.05) is 48.5 Å². The fourth-order valence-corrected chi connectivity index (χ4v) is 1.75. The summed E-state index contributed by atoms with van der Waals surface area (Å²) in [7, 11) is 1.66. The van der Waals surface area contributed by atoms with Crippen LogP contribution in [0.15, 0.2) is 48.5 Å². The number of aliphatic hydroxyl groups excluding tert-OH is 1. The molecule has 0 amide bonds. The molecule has 94 valence electrons. The predicted octanol–water partition coefficient (Wildman–Crippen LogP) is 2.80. The average molecular weight is 243 g/mol. The molecule has 0 aromatic heterocycles. The zero-order valence-corrected chi connectivity index (χ0v) is 10.4. The maximum atomic E-state index is 8.97. The number of hydrogen-bond acceptors (Lipinski definition) is 3. The SMILES string of the molecule is COc1ccccc1NCc1ccc(CO)cc1. The smallest absolute Gasteiger partial charge is 0.141 e. The van der Waals surface area contributed by atoms with Gasteiger partial charge in [0.05, 0.1) is 19.4 Å². The summed E-state index contributed by atoms with van der Waals surface area (Å²) in [5.74, 6) is 0.837. The van der Waals surface area contributed by atoms with Crippen LogP contribution in [0.4, 0.5) is 5.69 Å². The summed E-state index contributed by atoms with van der Waals surface area (Å²) < 4.78 is 5.27. The number of rotatable bonds is 5.